The zero-order valence-electron chi connectivity index (χ0n) is 17.8. The first-order chi connectivity index (χ1) is 15.4. The van der Waals surface area contributed by atoms with Crippen LogP contribution in [0.5, 0.6) is 0 Å². The largest absolute Gasteiger partial charge is 0.352 e. The van der Waals surface area contributed by atoms with Crippen LogP contribution in [0.1, 0.15) is 53.7 Å². The van der Waals surface area contributed by atoms with Crippen molar-refractivity contribution in [1.82, 2.24) is 15.3 Å². The third-order valence-electron chi connectivity index (χ3n) is 6.69. The molecule has 0 unspecified atom stereocenters. The number of allylic oxidation sites excluding steroid dienone is 2. The number of aromatic nitrogens is 2. The number of hydrogen-bond acceptors (Lipinski definition) is 3. The summed E-state index contributed by atoms with van der Waals surface area (Å²) in [5.74, 6) is -2.65. The fraction of sp³-hybridized carbons (Fsp3) is 0.346. The number of benzene rings is 1. The van der Waals surface area contributed by atoms with Gasteiger partial charge in [0.2, 0.25) is 5.92 Å². The summed E-state index contributed by atoms with van der Waals surface area (Å²) < 4.78 is 26.8. The minimum absolute atomic E-state index is 0.0103. The van der Waals surface area contributed by atoms with Gasteiger partial charge in [0.25, 0.3) is 5.91 Å². The van der Waals surface area contributed by atoms with Crippen LogP contribution in [0.3, 0.4) is 0 Å². The lowest BCUT2D eigenvalue weighted by atomic mass is 9.59. The first-order valence-corrected chi connectivity index (χ1v) is 11.1. The van der Waals surface area contributed by atoms with Gasteiger partial charge in [-0.2, -0.15) is 0 Å². The van der Waals surface area contributed by atoms with Crippen molar-refractivity contribution in [2.45, 2.75) is 44.4 Å². The Bertz CT molecular complexity index is 1180. The van der Waals surface area contributed by atoms with Crippen molar-refractivity contribution in [2.75, 3.05) is 6.54 Å². The summed E-state index contributed by atoms with van der Waals surface area (Å²) in [4.78, 5) is 21.5. The highest BCUT2D eigenvalue weighted by atomic mass is 19.3. The Kier molecular flexibility index (Phi) is 5.24. The minimum atomic E-state index is -2.49. The van der Waals surface area contributed by atoms with Crippen LogP contribution < -0.4 is 5.32 Å². The van der Waals surface area contributed by atoms with Gasteiger partial charge in [0, 0.05) is 54.8 Å². The van der Waals surface area contributed by atoms with E-state index >= 15 is 0 Å². The molecule has 5 rings (SSSR count). The summed E-state index contributed by atoms with van der Waals surface area (Å²) in [6, 6.07) is 13.5. The standard InChI is InChI=1S/C26H25F2N3O/c27-26(28)16-25(17-26)10-7-18(8-11-25)22-6-3-4-19-14-20(15-31-23(19)22)24(32)30-13-9-21-5-1-2-12-29-21/h1-7,12,14-15H,8-11,13,16-17H2,(H,30,32). The molecule has 0 aliphatic heterocycles. The molecule has 0 bridgehead atoms. The van der Waals surface area contributed by atoms with Crippen LogP contribution in [-0.4, -0.2) is 28.3 Å². The second kappa shape index (κ2) is 8.08. The van der Waals surface area contributed by atoms with Gasteiger partial charge in [0.15, 0.2) is 0 Å². The third-order valence-corrected chi connectivity index (χ3v) is 6.69. The number of carbonyl (C=O) groups excluding carboxylic acids is 1. The Balaban J connectivity index is 1.29. The van der Waals surface area contributed by atoms with Crippen molar-refractivity contribution in [3.05, 3.63) is 77.8 Å². The van der Waals surface area contributed by atoms with Crippen molar-refractivity contribution in [3.8, 4) is 0 Å². The maximum atomic E-state index is 13.4. The van der Waals surface area contributed by atoms with E-state index in [1.165, 1.54) is 0 Å². The fourth-order valence-electron chi connectivity index (χ4n) is 5.05. The van der Waals surface area contributed by atoms with E-state index in [0.717, 1.165) is 40.6 Å². The van der Waals surface area contributed by atoms with Gasteiger partial charge in [-0.1, -0.05) is 30.3 Å². The van der Waals surface area contributed by atoms with E-state index in [9.17, 15) is 13.6 Å². The maximum absolute atomic E-state index is 13.4. The monoisotopic (exact) mass is 433 g/mol. The number of halogens is 2. The number of carbonyl (C=O) groups is 1. The Hall–Kier alpha value is -3.15. The molecule has 1 amide bonds. The van der Waals surface area contributed by atoms with Crippen LogP contribution in [0.4, 0.5) is 8.78 Å². The summed E-state index contributed by atoms with van der Waals surface area (Å²) in [7, 11) is 0. The van der Waals surface area contributed by atoms with E-state index in [-0.39, 0.29) is 24.2 Å². The molecule has 0 radical (unpaired) electrons. The number of alkyl halides is 2. The number of hydrogen-bond donors (Lipinski definition) is 1. The van der Waals surface area contributed by atoms with E-state index in [1.807, 2.05) is 42.5 Å². The molecule has 164 valence electrons. The molecule has 1 aromatic carbocycles. The summed E-state index contributed by atoms with van der Waals surface area (Å²) in [6.45, 7) is 0.502. The average Bonchev–Trinajstić information content (AvgIpc) is 2.78. The normalized spacial score (nSPS) is 18.8. The lowest BCUT2D eigenvalue weighted by Gasteiger charge is -2.49. The van der Waals surface area contributed by atoms with Crippen LogP contribution in [-0.2, 0) is 6.42 Å². The summed E-state index contributed by atoms with van der Waals surface area (Å²) in [5.41, 5.74) is 4.28. The number of rotatable bonds is 5. The number of para-hydroxylation sites is 1. The summed E-state index contributed by atoms with van der Waals surface area (Å²) in [5, 5.41) is 3.83. The van der Waals surface area contributed by atoms with Gasteiger partial charge in [0.05, 0.1) is 11.1 Å². The lowest BCUT2D eigenvalue weighted by molar-refractivity contribution is -0.163. The molecule has 32 heavy (non-hydrogen) atoms. The van der Waals surface area contributed by atoms with Gasteiger partial charge in [0.1, 0.15) is 0 Å². The smallest absolute Gasteiger partial charge is 0.252 e. The van der Waals surface area contributed by atoms with Crippen LogP contribution in [0.2, 0.25) is 0 Å². The second-order valence-corrected chi connectivity index (χ2v) is 9.07. The molecule has 2 aromatic heterocycles. The lowest BCUT2D eigenvalue weighted by Crippen LogP contribution is -2.46. The molecule has 4 nitrogen and oxygen atoms in total. The maximum Gasteiger partial charge on any atom is 0.252 e. The molecule has 3 aromatic rings. The zero-order chi connectivity index (χ0) is 22.2. The van der Waals surface area contributed by atoms with E-state index in [2.05, 4.69) is 21.4 Å². The SMILES string of the molecule is O=C(NCCc1ccccn1)c1cnc2c(C3=CCC4(CC3)CC(F)(F)C4)cccc2c1. The van der Waals surface area contributed by atoms with Gasteiger partial charge in [-0.05, 0) is 48.4 Å². The van der Waals surface area contributed by atoms with E-state index in [4.69, 9.17) is 0 Å². The minimum Gasteiger partial charge on any atom is -0.352 e. The second-order valence-electron chi connectivity index (χ2n) is 9.07. The Morgan fingerprint density at radius 2 is 1.97 bits per heavy atom. The number of nitrogens with zero attached hydrogens (tertiary/aromatic N) is 2. The van der Waals surface area contributed by atoms with Crippen molar-refractivity contribution < 1.29 is 13.6 Å². The molecule has 6 heteroatoms. The molecule has 1 spiro atoms. The quantitative estimate of drug-likeness (QED) is 0.571. The highest BCUT2D eigenvalue weighted by molar-refractivity contribution is 5.99. The van der Waals surface area contributed by atoms with Gasteiger partial charge >= 0.3 is 0 Å². The highest BCUT2D eigenvalue weighted by Crippen LogP contribution is 2.59. The van der Waals surface area contributed by atoms with Crippen LogP contribution >= 0.6 is 0 Å². The van der Waals surface area contributed by atoms with Gasteiger partial charge < -0.3 is 5.32 Å². The number of amides is 1. The first kappa shape index (κ1) is 20.7. The van der Waals surface area contributed by atoms with E-state index in [0.29, 0.717) is 24.9 Å². The molecule has 0 atom stereocenters. The van der Waals surface area contributed by atoms with Crippen molar-refractivity contribution in [3.63, 3.8) is 0 Å². The van der Waals surface area contributed by atoms with Gasteiger partial charge in [-0.15, -0.1) is 0 Å². The third kappa shape index (κ3) is 4.14. The topological polar surface area (TPSA) is 54.9 Å². The van der Waals surface area contributed by atoms with E-state index in [1.54, 1.807) is 12.4 Å². The zero-order valence-corrected chi connectivity index (χ0v) is 17.8. The van der Waals surface area contributed by atoms with Crippen molar-refractivity contribution in [2.24, 2.45) is 5.41 Å². The molecular weight excluding hydrogens is 408 g/mol. The molecular formula is C26H25F2N3O. The molecule has 1 N–H and O–H groups in total. The van der Waals surface area contributed by atoms with Gasteiger partial charge in [-0.3, -0.25) is 14.8 Å². The van der Waals surface area contributed by atoms with Crippen LogP contribution in [0, 0.1) is 5.41 Å². The highest BCUT2D eigenvalue weighted by Gasteiger charge is 2.55. The van der Waals surface area contributed by atoms with Gasteiger partial charge in [-0.25, -0.2) is 8.78 Å². The molecule has 1 saturated carbocycles. The van der Waals surface area contributed by atoms with Crippen LogP contribution in [0.25, 0.3) is 16.5 Å². The molecule has 2 aliphatic carbocycles. The summed E-state index contributed by atoms with van der Waals surface area (Å²) in [6.07, 6.45) is 8.43. The Morgan fingerprint density at radius 1 is 1.09 bits per heavy atom. The Labute approximate surface area is 185 Å². The molecule has 2 heterocycles. The van der Waals surface area contributed by atoms with Crippen molar-refractivity contribution >= 4 is 22.4 Å². The van der Waals surface area contributed by atoms with E-state index < -0.39 is 5.92 Å². The molecule has 2 aliphatic rings. The predicted molar refractivity (Wildman–Crippen MR) is 120 cm³/mol. The number of fused-ring (bicyclic) bond motifs is 1. The van der Waals surface area contributed by atoms with Crippen LogP contribution in [0.15, 0.2) is 60.9 Å². The fourth-order valence-corrected chi connectivity index (χ4v) is 5.05. The average molecular weight is 434 g/mol. The first-order valence-electron chi connectivity index (χ1n) is 11.1. The molecule has 1 fully saturated rings. The molecule has 0 saturated heterocycles. The number of pyridine rings is 2. The number of nitrogens with one attached hydrogen (secondary N) is 1. The van der Waals surface area contributed by atoms with Crippen molar-refractivity contribution in [1.29, 1.82) is 0 Å². The predicted octanol–water partition coefficient (Wildman–Crippen LogP) is 5.59. The summed E-state index contributed by atoms with van der Waals surface area (Å²) >= 11 is 0. The Morgan fingerprint density at radius 3 is 2.69 bits per heavy atom.